The molecule has 0 aliphatic carbocycles. The topological polar surface area (TPSA) is 241 Å². The molecule has 0 bridgehead atoms. The van der Waals surface area contributed by atoms with Gasteiger partial charge in [0.15, 0.2) is 5.65 Å². The van der Waals surface area contributed by atoms with Crippen molar-refractivity contribution in [3.8, 4) is 5.75 Å². The van der Waals surface area contributed by atoms with Crippen LogP contribution in [0.1, 0.15) is 86.2 Å². The van der Waals surface area contributed by atoms with Crippen molar-refractivity contribution in [1.82, 2.24) is 48.5 Å². The van der Waals surface area contributed by atoms with Crippen molar-refractivity contribution in [3.63, 3.8) is 0 Å². The fraction of sp³-hybridized carbons (Fsp3) is 0.375. The molecule has 5 aromatic heterocycles. The Bertz CT molecular complexity index is 2590. The van der Waals surface area contributed by atoms with Crippen LogP contribution in [0.4, 0.5) is 11.9 Å². The first-order valence-electron chi connectivity index (χ1n) is 19.7. The summed E-state index contributed by atoms with van der Waals surface area (Å²) in [5.74, 6) is -1.34. The Balaban J connectivity index is 1.24. The summed E-state index contributed by atoms with van der Waals surface area (Å²) in [7, 11) is 0. The number of pyridine rings is 1. The lowest BCUT2D eigenvalue weighted by Crippen LogP contribution is -2.33. The summed E-state index contributed by atoms with van der Waals surface area (Å²) in [6, 6.07) is 8.10. The number of primary amides is 2. The number of nitrogens with zero attached hydrogens (tertiary/aromatic N) is 10. The number of aryl methyl sites for hydroxylation is 4. The van der Waals surface area contributed by atoms with Crippen LogP contribution in [0.3, 0.4) is 0 Å². The molecule has 1 saturated heterocycles. The van der Waals surface area contributed by atoms with Gasteiger partial charge in [-0.2, -0.15) is 10.2 Å². The number of rotatable bonds is 16. The number of carbonyl (C=O) groups is 4. The van der Waals surface area contributed by atoms with E-state index in [9.17, 15) is 19.2 Å². The molecule has 6 heterocycles. The summed E-state index contributed by atoms with van der Waals surface area (Å²) in [6.45, 7) is 11.8. The predicted octanol–water partition coefficient (Wildman–Crippen LogP) is 3.65. The molecule has 1 fully saturated rings. The third-order valence-corrected chi connectivity index (χ3v) is 10.1. The molecular formula is C40H48N14O5. The first kappa shape index (κ1) is 40.3. The summed E-state index contributed by atoms with van der Waals surface area (Å²) in [5.41, 5.74) is 15.5. The zero-order valence-electron chi connectivity index (χ0n) is 33.6. The van der Waals surface area contributed by atoms with E-state index >= 15 is 0 Å². The zero-order valence-corrected chi connectivity index (χ0v) is 33.6. The first-order chi connectivity index (χ1) is 28.4. The van der Waals surface area contributed by atoms with Gasteiger partial charge in [-0.1, -0.05) is 18.6 Å². The second-order valence-electron chi connectivity index (χ2n) is 14.3. The highest BCUT2D eigenvalue weighted by molar-refractivity contribution is 6.05. The molecular weight excluding hydrogens is 757 g/mol. The normalized spacial score (nSPS) is 13.4. The number of nitrogens with one attached hydrogen (secondary N) is 2. The number of hydrogen-bond acceptors (Lipinski definition) is 11. The average Bonchev–Trinajstić information content (AvgIpc) is 3.98. The molecule has 0 radical (unpaired) electrons. The van der Waals surface area contributed by atoms with Crippen LogP contribution >= 0.6 is 0 Å². The molecule has 59 heavy (non-hydrogen) atoms. The first-order valence-corrected chi connectivity index (χ1v) is 19.7. The van der Waals surface area contributed by atoms with Crippen LogP contribution in [0, 0.1) is 13.8 Å². The van der Waals surface area contributed by atoms with E-state index in [4.69, 9.17) is 21.2 Å². The molecule has 19 nitrogen and oxygen atoms in total. The monoisotopic (exact) mass is 804 g/mol. The largest absolute Gasteiger partial charge is 0.490 e. The quantitative estimate of drug-likeness (QED) is 0.103. The summed E-state index contributed by atoms with van der Waals surface area (Å²) >= 11 is 0. The number of hydrogen-bond donors (Lipinski definition) is 4. The van der Waals surface area contributed by atoms with Crippen molar-refractivity contribution in [3.05, 3.63) is 82.6 Å². The molecule has 1 aliphatic heterocycles. The minimum absolute atomic E-state index is 0.169. The van der Waals surface area contributed by atoms with Crippen molar-refractivity contribution in [1.29, 1.82) is 0 Å². The summed E-state index contributed by atoms with van der Waals surface area (Å²) < 4.78 is 13.1. The van der Waals surface area contributed by atoms with Crippen LogP contribution in [0.2, 0.25) is 0 Å². The Morgan fingerprint density at radius 2 is 1.31 bits per heavy atom. The minimum atomic E-state index is -0.663. The predicted molar refractivity (Wildman–Crippen MR) is 220 cm³/mol. The molecule has 7 rings (SSSR count). The lowest BCUT2D eigenvalue weighted by Gasteiger charge is -2.26. The highest BCUT2D eigenvalue weighted by atomic mass is 16.5. The number of ether oxygens (including phenoxy) is 1. The molecule has 0 spiro atoms. The van der Waals surface area contributed by atoms with Gasteiger partial charge in [-0.25, -0.2) is 15.0 Å². The number of benzene rings is 1. The van der Waals surface area contributed by atoms with E-state index in [0.717, 1.165) is 25.9 Å². The molecule has 19 heteroatoms. The minimum Gasteiger partial charge on any atom is -0.490 e. The van der Waals surface area contributed by atoms with Crippen molar-refractivity contribution in [2.75, 3.05) is 36.9 Å². The standard InChI is InChI=1S/C40H48N14O5/c1-5-53-30(18-24(3)48-53)37(57)46-39-44-28-20-26(34(41)55)22-32(59-17-16-50-12-8-7-9-13-50)33(28)51(39)14-10-11-15-52-36-29(21-27(23-43-36)35(42)56)45-40(52)47-38(58)31-19-25(4)49-54(31)6-2/h10-11,18-23H,5-9,12-17H2,1-4H3,(H2,41,55)(H2,42,56)(H,44,46,57)(H,45,47,58)/b11-10+. The maximum absolute atomic E-state index is 13.7. The van der Waals surface area contributed by atoms with Crippen molar-refractivity contribution < 1.29 is 23.9 Å². The summed E-state index contributed by atoms with van der Waals surface area (Å²) in [6.07, 6.45) is 8.56. The maximum Gasteiger partial charge on any atom is 0.276 e. The number of allylic oxidation sites excluding steroid dienone is 2. The van der Waals surface area contributed by atoms with Gasteiger partial charge in [0.05, 0.1) is 22.5 Å². The number of likely N-dealkylation sites (tertiary alicyclic amines) is 1. The van der Waals surface area contributed by atoms with Gasteiger partial charge in [0.1, 0.15) is 34.8 Å². The number of fused-ring (bicyclic) bond motifs is 2. The number of piperidine rings is 1. The SMILES string of the molecule is CCn1nc(C)cc1C(=O)Nc1nc2cc(C(N)=O)cnc2n1C/C=C/Cn1c(NC(=O)c2cc(C)nn2CC)nc2cc(C(N)=O)cc(OCCN3CCCCC3)c21. The zero-order chi connectivity index (χ0) is 41.8. The number of carbonyl (C=O) groups excluding carboxylic acids is 4. The second kappa shape index (κ2) is 17.3. The van der Waals surface area contributed by atoms with Gasteiger partial charge >= 0.3 is 0 Å². The van der Waals surface area contributed by atoms with E-state index in [1.165, 1.54) is 18.7 Å². The van der Waals surface area contributed by atoms with E-state index < -0.39 is 23.6 Å². The van der Waals surface area contributed by atoms with E-state index in [2.05, 4.69) is 35.7 Å². The van der Waals surface area contributed by atoms with Crippen molar-refractivity contribution >= 4 is 57.7 Å². The molecule has 0 unspecified atom stereocenters. The Kier molecular flexibility index (Phi) is 11.8. The lowest BCUT2D eigenvalue weighted by atomic mass is 10.1. The Morgan fingerprint density at radius 3 is 1.90 bits per heavy atom. The maximum atomic E-state index is 13.7. The molecule has 1 aliphatic rings. The summed E-state index contributed by atoms with van der Waals surface area (Å²) in [5, 5.41) is 14.7. The van der Waals surface area contributed by atoms with Crippen LogP contribution in [0.25, 0.3) is 22.2 Å². The molecule has 308 valence electrons. The second-order valence-corrected chi connectivity index (χ2v) is 14.3. The molecule has 1 aromatic carbocycles. The van der Waals surface area contributed by atoms with E-state index in [1.54, 1.807) is 49.7 Å². The lowest BCUT2D eigenvalue weighted by molar-refractivity contribution is 0.0991. The third kappa shape index (κ3) is 8.69. The Hall–Kier alpha value is -6.89. The smallest absolute Gasteiger partial charge is 0.276 e. The fourth-order valence-electron chi connectivity index (χ4n) is 7.27. The number of imidazole rings is 2. The molecule has 6 N–H and O–H groups in total. The van der Waals surface area contributed by atoms with Gasteiger partial charge in [-0.15, -0.1) is 0 Å². The highest BCUT2D eigenvalue weighted by Gasteiger charge is 2.23. The van der Waals surface area contributed by atoms with Gasteiger partial charge in [-0.05, 0) is 84.0 Å². The number of aromatic nitrogens is 9. The number of nitrogens with two attached hydrogens (primary N) is 2. The third-order valence-electron chi connectivity index (χ3n) is 10.1. The van der Waals surface area contributed by atoms with Crippen molar-refractivity contribution in [2.45, 2.75) is 73.1 Å². The molecule has 0 saturated carbocycles. The van der Waals surface area contributed by atoms with Gasteiger partial charge in [-0.3, -0.25) is 48.6 Å². The van der Waals surface area contributed by atoms with E-state index in [0.29, 0.717) is 77.0 Å². The van der Waals surface area contributed by atoms with E-state index in [-0.39, 0.29) is 36.1 Å². The van der Waals surface area contributed by atoms with Crippen LogP contribution in [-0.2, 0) is 26.2 Å². The summed E-state index contributed by atoms with van der Waals surface area (Å²) in [4.78, 5) is 68.0. The van der Waals surface area contributed by atoms with Crippen LogP contribution in [0.5, 0.6) is 5.75 Å². The Morgan fingerprint density at radius 1 is 0.746 bits per heavy atom. The highest BCUT2D eigenvalue weighted by Crippen LogP contribution is 2.32. The van der Waals surface area contributed by atoms with Crippen LogP contribution < -0.4 is 26.8 Å². The fourth-order valence-corrected chi connectivity index (χ4v) is 7.27. The number of anilines is 2. The van der Waals surface area contributed by atoms with Gasteiger partial charge in [0.2, 0.25) is 23.7 Å². The van der Waals surface area contributed by atoms with Gasteiger partial charge < -0.3 is 20.8 Å². The average molecular weight is 805 g/mol. The number of amides is 4. The Labute approximate surface area is 339 Å². The van der Waals surface area contributed by atoms with Crippen LogP contribution in [-0.4, -0.2) is 98.4 Å². The molecule has 0 atom stereocenters. The van der Waals surface area contributed by atoms with Gasteiger partial charge in [0.25, 0.3) is 11.8 Å². The molecule has 6 aromatic rings. The molecule has 4 amide bonds. The van der Waals surface area contributed by atoms with Crippen LogP contribution in [0.15, 0.2) is 48.7 Å². The van der Waals surface area contributed by atoms with Crippen molar-refractivity contribution in [2.24, 2.45) is 11.5 Å². The van der Waals surface area contributed by atoms with E-state index in [1.807, 2.05) is 32.9 Å². The van der Waals surface area contributed by atoms with Gasteiger partial charge in [0, 0.05) is 44.5 Å².